The summed E-state index contributed by atoms with van der Waals surface area (Å²) < 4.78 is 13.3. The number of ether oxygens (including phenoxy) is 2. The molecule has 0 bridgehead atoms. The first kappa shape index (κ1) is 25.2. The van der Waals surface area contributed by atoms with Crippen LogP contribution in [-0.2, 0) is 9.53 Å². The zero-order valence-electron chi connectivity index (χ0n) is 20.9. The van der Waals surface area contributed by atoms with E-state index in [0.717, 1.165) is 48.2 Å². The van der Waals surface area contributed by atoms with Gasteiger partial charge in [-0.05, 0) is 68.2 Å². The number of para-hydroxylation sites is 1. The van der Waals surface area contributed by atoms with Crippen LogP contribution in [0, 0.1) is 18.3 Å². The number of unbranched alkanes of at least 4 members (excludes halogenated alkanes) is 1. The van der Waals surface area contributed by atoms with E-state index in [1.807, 2.05) is 61.7 Å². The number of rotatable bonds is 10. The first-order valence-corrected chi connectivity index (χ1v) is 12.5. The van der Waals surface area contributed by atoms with Crippen LogP contribution in [-0.4, -0.2) is 41.6 Å². The second-order valence-corrected chi connectivity index (χ2v) is 8.91. The molecule has 4 rings (SSSR count). The SMILES string of the molecule is CCCCOc1ccc(-c2nn(-c3ccccc3)cc2/C=C(/C#N)C(=O)NC[C@H]2CCCO2)cc1C. The van der Waals surface area contributed by atoms with Gasteiger partial charge in [-0.2, -0.15) is 10.4 Å². The predicted octanol–water partition coefficient (Wildman–Crippen LogP) is 5.23. The standard InChI is InChI=1S/C29H32N4O3/c1-3-4-14-36-27-13-12-22(16-21(27)2)28-24(20-33(32-28)25-9-6-5-7-10-25)17-23(18-30)29(34)31-19-26-11-8-15-35-26/h5-7,9-10,12-13,16-17,20,26H,3-4,8,11,14-15,19H2,1-2H3,(H,31,34)/b23-17-/t26-/m1/s1. The highest BCUT2D eigenvalue weighted by Crippen LogP contribution is 2.30. The summed E-state index contributed by atoms with van der Waals surface area (Å²) in [6.07, 6.45) is 7.44. The van der Waals surface area contributed by atoms with Gasteiger partial charge in [0.1, 0.15) is 23.1 Å². The highest BCUT2D eigenvalue weighted by atomic mass is 16.5. The molecule has 186 valence electrons. The smallest absolute Gasteiger partial charge is 0.262 e. The zero-order valence-corrected chi connectivity index (χ0v) is 20.9. The fraction of sp³-hybridized carbons (Fsp3) is 0.345. The van der Waals surface area contributed by atoms with Gasteiger partial charge in [0, 0.05) is 30.5 Å². The molecule has 1 fully saturated rings. The van der Waals surface area contributed by atoms with Gasteiger partial charge >= 0.3 is 0 Å². The first-order chi connectivity index (χ1) is 17.6. The topological polar surface area (TPSA) is 89.2 Å². The van der Waals surface area contributed by atoms with Crippen molar-refractivity contribution in [3.63, 3.8) is 0 Å². The van der Waals surface area contributed by atoms with Crippen LogP contribution in [0.25, 0.3) is 23.0 Å². The third-order valence-corrected chi connectivity index (χ3v) is 6.15. The Hall–Kier alpha value is -3.89. The van der Waals surface area contributed by atoms with Gasteiger partial charge < -0.3 is 14.8 Å². The Bertz CT molecular complexity index is 1250. The maximum atomic E-state index is 12.8. The molecule has 0 unspecified atom stereocenters. The number of carbonyl (C=O) groups is 1. The minimum atomic E-state index is -0.415. The summed E-state index contributed by atoms with van der Waals surface area (Å²) in [6, 6.07) is 17.7. The van der Waals surface area contributed by atoms with Crippen LogP contribution in [0.3, 0.4) is 0 Å². The summed E-state index contributed by atoms with van der Waals surface area (Å²) in [5, 5.41) is 17.4. The van der Waals surface area contributed by atoms with Crippen molar-refractivity contribution in [2.24, 2.45) is 0 Å². The van der Waals surface area contributed by atoms with Gasteiger partial charge in [0.25, 0.3) is 5.91 Å². The molecule has 0 aliphatic carbocycles. The normalized spacial score (nSPS) is 15.5. The molecular formula is C29H32N4O3. The van der Waals surface area contributed by atoms with Crippen molar-refractivity contribution in [1.82, 2.24) is 15.1 Å². The van der Waals surface area contributed by atoms with E-state index in [1.54, 1.807) is 10.8 Å². The van der Waals surface area contributed by atoms with Crippen LogP contribution in [0.15, 0.2) is 60.3 Å². The first-order valence-electron chi connectivity index (χ1n) is 12.5. The monoisotopic (exact) mass is 484 g/mol. The van der Waals surface area contributed by atoms with Crippen molar-refractivity contribution in [2.75, 3.05) is 19.8 Å². The van der Waals surface area contributed by atoms with Crippen LogP contribution < -0.4 is 10.1 Å². The summed E-state index contributed by atoms with van der Waals surface area (Å²) in [6.45, 7) is 5.93. The molecule has 1 aromatic heterocycles. The van der Waals surface area contributed by atoms with Crippen LogP contribution in [0.5, 0.6) is 5.75 Å². The van der Waals surface area contributed by atoms with Gasteiger partial charge in [-0.3, -0.25) is 4.79 Å². The second-order valence-electron chi connectivity index (χ2n) is 8.91. The lowest BCUT2D eigenvalue weighted by Gasteiger charge is -2.11. The number of nitriles is 1. The Morgan fingerprint density at radius 1 is 1.31 bits per heavy atom. The largest absolute Gasteiger partial charge is 0.493 e. The number of hydrogen-bond acceptors (Lipinski definition) is 5. The molecule has 3 aromatic rings. The molecule has 2 aromatic carbocycles. The highest BCUT2D eigenvalue weighted by Gasteiger charge is 2.19. The summed E-state index contributed by atoms with van der Waals surface area (Å²) in [5.74, 6) is 0.431. The van der Waals surface area contributed by atoms with Crippen molar-refractivity contribution in [3.05, 3.63) is 71.4 Å². The van der Waals surface area contributed by atoms with E-state index in [-0.39, 0.29) is 11.7 Å². The molecule has 2 heterocycles. The van der Waals surface area contributed by atoms with E-state index in [0.29, 0.717) is 31.0 Å². The summed E-state index contributed by atoms with van der Waals surface area (Å²) in [4.78, 5) is 12.8. The number of nitrogens with zero attached hydrogens (tertiary/aromatic N) is 3. The molecule has 0 spiro atoms. The van der Waals surface area contributed by atoms with Gasteiger partial charge in [0.05, 0.1) is 18.4 Å². The molecular weight excluding hydrogens is 452 g/mol. The zero-order chi connectivity index (χ0) is 25.3. The van der Waals surface area contributed by atoms with Crippen molar-refractivity contribution >= 4 is 12.0 Å². The Morgan fingerprint density at radius 2 is 2.14 bits per heavy atom. The molecule has 1 saturated heterocycles. The second kappa shape index (κ2) is 12.2. The summed E-state index contributed by atoms with van der Waals surface area (Å²) in [7, 11) is 0. The Morgan fingerprint density at radius 3 is 2.83 bits per heavy atom. The minimum Gasteiger partial charge on any atom is -0.493 e. The number of aryl methyl sites for hydroxylation is 1. The third-order valence-electron chi connectivity index (χ3n) is 6.15. The van der Waals surface area contributed by atoms with Crippen LogP contribution in [0.2, 0.25) is 0 Å². The summed E-state index contributed by atoms with van der Waals surface area (Å²) >= 11 is 0. The third kappa shape index (κ3) is 6.21. The Kier molecular flexibility index (Phi) is 8.53. The molecule has 0 saturated carbocycles. The average Bonchev–Trinajstić information content (AvgIpc) is 3.58. The molecule has 1 N–H and O–H groups in total. The van der Waals surface area contributed by atoms with Crippen molar-refractivity contribution < 1.29 is 14.3 Å². The van der Waals surface area contributed by atoms with E-state index >= 15 is 0 Å². The van der Waals surface area contributed by atoms with Crippen molar-refractivity contribution in [1.29, 1.82) is 5.26 Å². The van der Waals surface area contributed by atoms with Crippen LogP contribution in [0.4, 0.5) is 0 Å². The quantitative estimate of drug-likeness (QED) is 0.242. The Balaban J connectivity index is 1.66. The Labute approximate surface area is 212 Å². The van der Waals surface area contributed by atoms with Crippen LogP contribution in [0.1, 0.15) is 43.7 Å². The molecule has 7 heteroatoms. The maximum absolute atomic E-state index is 12.8. The predicted molar refractivity (Wildman–Crippen MR) is 140 cm³/mol. The summed E-state index contributed by atoms with van der Waals surface area (Å²) in [5.41, 5.74) is 4.16. The molecule has 36 heavy (non-hydrogen) atoms. The fourth-order valence-electron chi connectivity index (χ4n) is 4.13. The van der Waals surface area contributed by atoms with Gasteiger partial charge in [-0.15, -0.1) is 0 Å². The number of benzene rings is 2. The van der Waals surface area contributed by atoms with E-state index in [4.69, 9.17) is 14.6 Å². The van der Waals surface area contributed by atoms with E-state index < -0.39 is 5.91 Å². The van der Waals surface area contributed by atoms with E-state index in [1.165, 1.54) is 0 Å². The fourth-order valence-corrected chi connectivity index (χ4v) is 4.13. The number of amides is 1. The van der Waals surface area contributed by atoms with Crippen molar-refractivity contribution in [3.8, 4) is 28.8 Å². The molecule has 1 atom stereocenters. The molecule has 1 amide bonds. The van der Waals surface area contributed by atoms with Crippen LogP contribution >= 0.6 is 0 Å². The highest BCUT2D eigenvalue weighted by molar-refractivity contribution is 6.02. The number of aromatic nitrogens is 2. The number of nitrogens with one attached hydrogen (secondary N) is 1. The average molecular weight is 485 g/mol. The van der Waals surface area contributed by atoms with Gasteiger partial charge in [-0.25, -0.2) is 4.68 Å². The van der Waals surface area contributed by atoms with Gasteiger partial charge in [0.15, 0.2) is 0 Å². The van der Waals surface area contributed by atoms with E-state index in [2.05, 4.69) is 18.3 Å². The van der Waals surface area contributed by atoms with Gasteiger partial charge in [-0.1, -0.05) is 31.5 Å². The lowest BCUT2D eigenvalue weighted by molar-refractivity contribution is -0.117. The lowest BCUT2D eigenvalue weighted by Crippen LogP contribution is -2.32. The number of hydrogen-bond donors (Lipinski definition) is 1. The number of carbonyl (C=O) groups excluding carboxylic acids is 1. The van der Waals surface area contributed by atoms with Crippen molar-refractivity contribution in [2.45, 2.75) is 45.6 Å². The molecule has 1 aliphatic rings. The van der Waals surface area contributed by atoms with E-state index in [9.17, 15) is 10.1 Å². The maximum Gasteiger partial charge on any atom is 0.262 e. The molecule has 0 radical (unpaired) electrons. The molecule has 1 aliphatic heterocycles. The lowest BCUT2D eigenvalue weighted by atomic mass is 10.0. The molecule has 7 nitrogen and oxygen atoms in total. The van der Waals surface area contributed by atoms with Gasteiger partial charge in [0.2, 0.25) is 0 Å². The minimum absolute atomic E-state index is 0.00585.